The van der Waals surface area contributed by atoms with Gasteiger partial charge >= 0.3 is 6.01 Å². The third-order valence-electron chi connectivity index (χ3n) is 3.35. The molecule has 0 aliphatic heterocycles. The Morgan fingerprint density at radius 2 is 2.12 bits per heavy atom. The minimum absolute atomic E-state index is 0.0214. The van der Waals surface area contributed by atoms with E-state index in [1.807, 2.05) is 37.3 Å². The number of thiazole rings is 1. The van der Waals surface area contributed by atoms with Crippen molar-refractivity contribution in [2.45, 2.75) is 6.92 Å². The average Bonchev–Trinajstić information content (AvgIpc) is 3.25. The van der Waals surface area contributed by atoms with Crippen molar-refractivity contribution in [3.05, 3.63) is 41.0 Å². The highest BCUT2D eigenvalue weighted by atomic mass is 32.1. The summed E-state index contributed by atoms with van der Waals surface area (Å²) < 4.78 is 8.08. The number of para-hydroxylation sites is 1. The number of nitrogens with one attached hydrogen (secondary N) is 1. The summed E-state index contributed by atoms with van der Waals surface area (Å²) in [5, 5.41) is 14.9. The number of hydrogen-bond donors (Lipinski definition) is 1. The molecule has 3 aromatic heterocycles. The third kappa shape index (κ3) is 2.54. The third-order valence-corrected chi connectivity index (χ3v) is 4.39. The van der Waals surface area contributed by atoms with Crippen LogP contribution < -0.4 is 5.32 Å². The van der Waals surface area contributed by atoms with Gasteiger partial charge in [-0.3, -0.25) is 14.8 Å². The van der Waals surface area contributed by atoms with E-state index in [9.17, 15) is 4.79 Å². The van der Waals surface area contributed by atoms with Crippen LogP contribution >= 0.6 is 11.3 Å². The summed E-state index contributed by atoms with van der Waals surface area (Å²) in [6, 6.07) is 9.41. The van der Waals surface area contributed by atoms with Crippen molar-refractivity contribution in [2.75, 3.05) is 5.32 Å². The molecule has 0 spiro atoms. The lowest BCUT2D eigenvalue weighted by atomic mass is 10.3. The summed E-state index contributed by atoms with van der Waals surface area (Å²) in [7, 11) is 1.78. The second kappa shape index (κ2) is 5.53. The topological polar surface area (TPSA) is 98.7 Å². The van der Waals surface area contributed by atoms with Crippen LogP contribution in [-0.2, 0) is 7.05 Å². The first-order valence-electron chi connectivity index (χ1n) is 7.11. The van der Waals surface area contributed by atoms with Gasteiger partial charge in [0.05, 0.1) is 15.9 Å². The van der Waals surface area contributed by atoms with E-state index in [1.165, 1.54) is 11.3 Å². The van der Waals surface area contributed by atoms with Gasteiger partial charge in [-0.1, -0.05) is 17.2 Å². The summed E-state index contributed by atoms with van der Waals surface area (Å²) in [4.78, 5) is 16.6. The van der Waals surface area contributed by atoms with Gasteiger partial charge in [-0.2, -0.15) is 5.10 Å². The molecule has 0 atom stereocenters. The maximum absolute atomic E-state index is 12.3. The van der Waals surface area contributed by atoms with Crippen LogP contribution in [0.3, 0.4) is 0 Å². The monoisotopic (exact) mass is 340 g/mol. The van der Waals surface area contributed by atoms with E-state index in [2.05, 4.69) is 25.6 Å². The Morgan fingerprint density at radius 3 is 2.88 bits per heavy atom. The molecule has 8 nitrogen and oxygen atoms in total. The number of fused-ring (bicyclic) bond motifs is 1. The van der Waals surface area contributed by atoms with Gasteiger partial charge in [-0.05, 0) is 25.1 Å². The standard InChI is InChI=1S/C15H12N6O2S/c1-8-7-10(21(2)20-8)13-18-19-15(23-13)17-12(22)14-16-9-5-3-4-6-11(9)24-14/h3-7H,1-2H3,(H,17,19,22). The van der Waals surface area contributed by atoms with E-state index in [4.69, 9.17) is 4.42 Å². The first-order valence-corrected chi connectivity index (χ1v) is 7.93. The minimum Gasteiger partial charge on any atom is -0.401 e. The van der Waals surface area contributed by atoms with Crippen LogP contribution in [0.4, 0.5) is 6.01 Å². The van der Waals surface area contributed by atoms with E-state index in [1.54, 1.807) is 11.7 Å². The Morgan fingerprint density at radius 1 is 1.29 bits per heavy atom. The molecule has 0 bridgehead atoms. The van der Waals surface area contributed by atoms with Crippen molar-refractivity contribution in [2.24, 2.45) is 7.05 Å². The second-order valence-electron chi connectivity index (χ2n) is 5.15. The molecule has 0 aliphatic carbocycles. The molecular formula is C15H12N6O2S. The van der Waals surface area contributed by atoms with Crippen LogP contribution in [0, 0.1) is 6.92 Å². The Labute approximate surface area is 140 Å². The summed E-state index contributed by atoms with van der Waals surface area (Å²) in [6.07, 6.45) is 0. The van der Waals surface area contributed by atoms with Crippen molar-refractivity contribution < 1.29 is 9.21 Å². The number of aryl methyl sites for hydroxylation is 2. The molecule has 1 amide bonds. The largest absolute Gasteiger partial charge is 0.401 e. The molecule has 0 saturated heterocycles. The molecule has 0 unspecified atom stereocenters. The maximum atomic E-state index is 12.3. The first-order chi connectivity index (χ1) is 11.6. The quantitative estimate of drug-likeness (QED) is 0.615. The van der Waals surface area contributed by atoms with E-state index in [0.29, 0.717) is 10.7 Å². The molecule has 1 aromatic carbocycles. The SMILES string of the molecule is Cc1cc(-c2nnc(NC(=O)c3nc4ccccc4s3)o2)n(C)n1. The van der Waals surface area contributed by atoms with Crippen molar-refractivity contribution >= 4 is 33.5 Å². The average molecular weight is 340 g/mol. The number of carbonyl (C=O) groups is 1. The smallest absolute Gasteiger partial charge is 0.322 e. The predicted octanol–water partition coefficient (Wildman–Crippen LogP) is 2.64. The Hall–Kier alpha value is -3.07. The molecule has 1 N–H and O–H groups in total. The normalized spacial score (nSPS) is 11.1. The molecule has 0 fully saturated rings. The fourth-order valence-corrected chi connectivity index (χ4v) is 3.17. The van der Waals surface area contributed by atoms with Crippen molar-refractivity contribution in [3.8, 4) is 11.6 Å². The first kappa shape index (κ1) is 14.5. The Bertz CT molecular complexity index is 1010. The molecule has 3 heterocycles. The lowest BCUT2D eigenvalue weighted by Crippen LogP contribution is -2.11. The van der Waals surface area contributed by atoms with Crippen molar-refractivity contribution in [1.29, 1.82) is 0 Å². The van der Waals surface area contributed by atoms with Gasteiger partial charge in [-0.15, -0.1) is 16.4 Å². The molecular weight excluding hydrogens is 328 g/mol. The van der Waals surface area contributed by atoms with Gasteiger partial charge in [0, 0.05) is 7.05 Å². The number of rotatable bonds is 3. The molecule has 4 aromatic rings. The molecule has 0 radical (unpaired) electrons. The number of nitrogens with zero attached hydrogens (tertiary/aromatic N) is 5. The number of amides is 1. The predicted molar refractivity (Wildman–Crippen MR) is 88.8 cm³/mol. The number of benzene rings is 1. The van der Waals surface area contributed by atoms with Crippen LogP contribution in [0.1, 0.15) is 15.5 Å². The lowest BCUT2D eigenvalue weighted by Gasteiger charge is -1.96. The molecule has 4 rings (SSSR count). The van der Waals surface area contributed by atoms with Crippen LogP contribution in [0.5, 0.6) is 0 Å². The van der Waals surface area contributed by atoms with Crippen LogP contribution in [0.25, 0.3) is 21.8 Å². The highest BCUT2D eigenvalue weighted by Crippen LogP contribution is 2.23. The summed E-state index contributed by atoms with van der Waals surface area (Å²) >= 11 is 1.31. The molecule has 120 valence electrons. The minimum atomic E-state index is -0.382. The fourth-order valence-electron chi connectivity index (χ4n) is 2.31. The summed E-state index contributed by atoms with van der Waals surface area (Å²) in [5.74, 6) is -0.0923. The zero-order valence-electron chi connectivity index (χ0n) is 12.8. The van der Waals surface area contributed by atoms with Crippen LogP contribution in [0.2, 0.25) is 0 Å². The Kier molecular flexibility index (Phi) is 3.35. The van der Waals surface area contributed by atoms with Gasteiger partial charge in [-0.25, -0.2) is 4.98 Å². The van der Waals surface area contributed by atoms with Gasteiger partial charge in [0.25, 0.3) is 11.8 Å². The molecule has 9 heteroatoms. The summed E-state index contributed by atoms with van der Waals surface area (Å²) in [5.41, 5.74) is 2.30. The van der Waals surface area contributed by atoms with Gasteiger partial charge < -0.3 is 4.42 Å². The Balaban J connectivity index is 1.57. The molecule has 0 aliphatic rings. The number of hydrogen-bond acceptors (Lipinski definition) is 7. The molecule has 24 heavy (non-hydrogen) atoms. The lowest BCUT2D eigenvalue weighted by molar-refractivity contribution is 0.102. The highest BCUT2D eigenvalue weighted by molar-refractivity contribution is 7.20. The van der Waals surface area contributed by atoms with Gasteiger partial charge in [0.1, 0.15) is 5.69 Å². The maximum Gasteiger partial charge on any atom is 0.322 e. The second-order valence-corrected chi connectivity index (χ2v) is 6.18. The number of anilines is 1. The van der Waals surface area contributed by atoms with Crippen LogP contribution in [-0.4, -0.2) is 30.9 Å². The van der Waals surface area contributed by atoms with E-state index < -0.39 is 0 Å². The highest BCUT2D eigenvalue weighted by Gasteiger charge is 2.17. The van der Waals surface area contributed by atoms with Gasteiger partial charge in [0.2, 0.25) is 0 Å². The van der Waals surface area contributed by atoms with E-state index >= 15 is 0 Å². The van der Waals surface area contributed by atoms with E-state index in [-0.39, 0.29) is 17.8 Å². The fraction of sp³-hybridized carbons (Fsp3) is 0.133. The zero-order valence-corrected chi connectivity index (χ0v) is 13.7. The van der Waals surface area contributed by atoms with E-state index in [0.717, 1.165) is 15.9 Å². The van der Waals surface area contributed by atoms with Crippen molar-refractivity contribution in [3.63, 3.8) is 0 Å². The van der Waals surface area contributed by atoms with Crippen LogP contribution in [0.15, 0.2) is 34.7 Å². The van der Waals surface area contributed by atoms with Gasteiger partial charge in [0.15, 0.2) is 5.01 Å². The zero-order chi connectivity index (χ0) is 16.7. The molecule has 0 saturated carbocycles. The van der Waals surface area contributed by atoms with Crippen molar-refractivity contribution in [1.82, 2.24) is 25.0 Å². The number of aromatic nitrogens is 5. The summed E-state index contributed by atoms with van der Waals surface area (Å²) in [6.45, 7) is 1.87. The number of carbonyl (C=O) groups excluding carboxylic acids is 1.